The van der Waals surface area contributed by atoms with Crippen LogP contribution in [0.25, 0.3) is 0 Å². The summed E-state index contributed by atoms with van der Waals surface area (Å²) in [4.78, 5) is 25.1. The van der Waals surface area contributed by atoms with E-state index in [0.717, 1.165) is 11.3 Å². The van der Waals surface area contributed by atoms with Crippen LogP contribution >= 0.6 is 11.6 Å². The molecule has 154 valence electrons. The minimum atomic E-state index is -0.624. The molecule has 0 spiro atoms. The maximum Gasteiger partial charge on any atom is 0.288 e. The Bertz CT molecular complexity index is 1100. The van der Waals surface area contributed by atoms with Crippen molar-refractivity contribution in [1.82, 2.24) is 9.47 Å². The zero-order chi connectivity index (χ0) is 21.7. The molecule has 3 aromatic rings. The summed E-state index contributed by atoms with van der Waals surface area (Å²) in [5.74, 6) is -0.692. The predicted molar refractivity (Wildman–Crippen MR) is 113 cm³/mol. The number of nitrogens with zero attached hydrogens (tertiary/aromatic N) is 3. The molecule has 1 heterocycles. The molecule has 3 rings (SSSR count). The van der Waals surface area contributed by atoms with E-state index in [1.165, 1.54) is 35.2 Å². The first-order chi connectivity index (χ1) is 14.4. The van der Waals surface area contributed by atoms with Crippen LogP contribution in [0, 0.1) is 15.9 Å². The van der Waals surface area contributed by atoms with E-state index in [1.807, 2.05) is 29.0 Å². The Morgan fingerprint density at radius 1 is 1.23 bits per heavy atom. The lowest BCUT2D eigenvalue weighted by Crippen LogP contribution is -2.31. The van der Waals surface area contributed by atoms with Crippen LogP contribution in [0.1, 0.15) is 21.6 Å². The van der Waals surface area contributed by atoms with E-state index in [1.54, 1.807) is 12.1 Å². The van der Waals surface area contributed by atoms with Crippen molar-refractivity contribution in [2.45, 2.75) is 13.1 Å². The molecule has 8 heteroatoms. The Morgan fingerprint density at radius 3 is 2.73 bits per heavy atom. The molecule has 0 saturated carbocycles. The number of nitro groups is 1. The van der Waals surface area contributed by atoms with Crippen LogP contribution in [0.15, 0.2) is 73.4 Å². The van der Waals surface area contributed by atoms with E-state index >= 15 is 0 Å². The van der Waals surface area contributed by atoms with Gasteiger partial charge in [0.25, 0.3) is 11.6 Å². The van der Waals surface area contributed by atoms with Crippen molar-refractivity contribution in [1.29, 1.82) is 0 Å². The van der Waals surface area contributed by atoms with Crippen molar-refractivity contribution in [3.8, 4) is 0 Å². The fourth-order valence-electron chi connectivity index (χ4n) is 3.12. The lowest BCUT2D eigenvalue weighted by molar-refractivity contribution is -0.384. The highest BCUT2D eigenvalue weighted by atomic mass is 35.5. The standard InChI is InChI=1S/C22H19ClFN3O3/c1-2-10-26(22(28)17-8-9-20(23)21(13-17)27(29)30)15-19-7-4-11-25(19)14-16-5-3-6-18(24)12-16/h2-9,11-13H,1,10,14-15H2. The second-order valence-corrected chi connectivity index (χ2v) is 7.06. The molecule has 0 aliphatic rings. The third kappa shape index (κ3) is 4.93. The first kappa shape index (κ1) is 21.3. The average molecular weight is 428 g/mol. The van der Waals surface area contributed by atoms with Crippen molar-refractivity contribution >= 4 is 23.2 Å². The highest BCUT2D eigenvalue weighted by Gasteiger charge is 2.21. The van der Waals surface area contributed by atoms with Crippen molar-refractivity contribution in [3.63, 3.8) is 0 Å². The molecular weight excluding hydrogens is 409 g/mol. The third-order valence-corrected chi connectivity index (χ3v) is 4.86. The summed E-state index contributed by atoms with van der Waals surface area (Å²) in [6.45, 7) is 4.64. The molecule has 0 radical (unpaired) electrons. The minimum absolute atomic E-state index is 0.0317. The van der Waals surface area contributed by atoms with Gasteiger partial charge in [0.15, 0.2) is 0 Å². The van der Waals surface area contributed by atoms with Crippen LogP contribution in [0.5, 0.6) is 0 Å². The quantitative estimate of drug-likeness (QED) is 0.286. The normalized spacial score (nSPS) is 10.6. The average Bonchev–Trinajstić information content (AvgIpc) is 3.14. The highest BCUT2D eigenvalue weighted by Crippen LogP contribution is 2.26. The number of nitro benzene ring substituents is 1. The number of halogens is 2. The van der Waals surface area contributed by atoms with Gasteiger partial charge in [0, 0.05) is 36.6 Å². The number of rotatable bonds is 8. The van der Waals surface area contributed by atoms with Gasteiger partial charge in [-0.3, -0.25) is 14.9 Å². The maximum atomic E-state index is 13.5. The number of hydrogen-bond donors (Lipinski definition) is 0. The predicted octanol–water partition coefficient (Wildman–Crippen LogP) is 5.07. The zero-order valence-corrected chi connectivity index (χ0v) is 16.8. The van der Waals surface area contributed by atoms with Crippen LogP contribution in [0.3, 0.4) is 0 Å². The van der Waals surface area contributed by atoms with Gasteiger partial charge in [-0.1, -0.05) is 29.8 Å². The van der Waals surface area contributed by atoms with E-state index in [4.69, 9.17) is 11.6 Å². The second kappa shape index (κ2) is 9.37. The molecule has 2 aromatic carbocycles. The van der Waals surface area contributed by atoms with Crippen molar-refractivity contribution < 1.29 is 14.1 Å². The molecule has 0 fully saturated rings. The van der Waals surface area contributed by atoms with E-state index in [0.29, 0.717) is 6.54 Å². The Kier molecular flexibility index (Phi) is 6.64. The van der Waals surface area contributed by atoms with Gasteiger partial charge in [-0.15, -0.1) is 6.58 Å². The molecule has 1 aromatic heterocycles. The van der Waals surface area contributed by atoms with Gasteiger partial charge >= 0.3 is 0 Å². The van der Waals surface area contributed by atoms with Crippen LogP contribution in [-0.2, 0) is 13.1 Å². The third-order valence-electron chi connectivity index (χ3n) is 4.54. The summed E-state index contributed by atoms with van der Waals surface area (Å²) < 4.78 is 15.4. The molecule has 0 unspecified atom stereocenters. The number of amides is 1. The van der Waals surface area contributed by atoms with Gasteiger partial charge in [0.2, 0.25) is 0 Å². The molecule has 0 aliphatic heterocycles. The largest absolute Gasteiger partial charge is 0.345 e. The molecule has 30 heavy (non-hydrogen) atoms. The van der Waals surface area contributed by atoms with Crippen molar-refractivity contribution in [3.05, 3.63) is 111 Å². The van der Waals surface area contributed by atoms with E-state index in [9.17, 15) is 19.3 Å². The van der Waals surface area contributed by atoms with Crippen LogP contribution in [0.2, 0.25) is 5.02 Å². The van der Waals surface area contributed by atoms with E-state index < -0.39 is 4.92 Å². The van der Waals surface area contributed by atoms with E-state index in [-0.39, 0.29) is 41.1 Å². The molecule has 0 saturated heterocycles. The fourth-order valence-corrected chi connectivity index (χ4v) is 3.30. The summed E-state index contributed by atoms with van der Waals surface area (Å²) >= 11 is 5.85. The first-order valence-corrected chi connectivity index (χ1v) is 9.49. The van der Waals surface area contributed by atoms with Gasteiger partial charge in [-0.2, -0.15) is 0 Å². The molecule has 0 aliphatic carbocycles. The Labute approximate surface area is 178 Å². The van der Waals surface area contributed by atoms with Crippen LogP contribution in [0.4, 0.5) is 10.1 Å². The van der Waals surface area contributed by atoms with Crippen LogP contribution < -0.4 is 0 Å². The Morgan fingerprint density at radius 2 is 2.03 bits per heavy atom. The van der Waals surface area contributed by atoms with Gasteiger partial charge < -0.3 is 9.47 Å². The second-order valence-electron chi connectivity index (χ2n) is 6.65. The highest BCUT2D eigenvalue weighted by molar-refractivity contribution is 6.32. The number of carbonyl (C=O) groups excluding carboxylic acids is 1. The Balaban J connectivity index is 1.84. The first-order valence-electron chi connectivity index (χ1n) is 9.11. The summed E-state index contributed by atoms with van der Waals surface area (Å²) in [5.41, 5.74) is 1.46. The van der Waals surface area contributed by atoms with E-state index in [2.05, 4.69) is 6.58 Å². The summed E-state index contributed by atoms with van der Waals surface area (Å²) in [6.07, 6.45) is 3.44. The smallest absolute Gasteiger partial charge is 0.288 e. The van der Waals surface area contributed by atoms with Gasteiger partial charge in [-0.05, 0) is 42.0 Å². The molecule has 0 atom stereocenters. The molecule has 1 amide bonds. The van der Waals surface area contributed by atoms with Crippen molar-refractivity contribution in [2.75, 3.05) is 6.54 Å². The number of benzene rings is 2. The molecular formula is C22H19ClFN3O3. The van der Waals surface area contributed by atoms with Gasteiger partial charge in [0.1, 0.15) is 10.8 Å². The molecule has 0 bridgehead atoms. The summed E-state index contributed by atoms with van der Waals surface area (Å²) in [5, 5.41) is 11.1. The SMILES string of the molecule is C=CCN(Cc1cccn1Cc1cccc(F)c1)C(=O)c1ccc(Cl)c([N+](=O)[O-])c1. The number of hydrogen-bond acceptors (Lipinski definition) is 3. The summed E-state index contributed by atoms with van der Waals surface area (Å²) in [7, 11) is 0. The fraction of sp³-hybridized carbons (Fsp3) is 0.136. The number of carbonyl (C=O) groups is 1. The molecule has 0 N–H and O–H groups in total. The van der Waals surface area contributed by atoms with Crippen molar-refractivity contribution in [2.24, 2.45) is 0 Å². The molecule has 6 nitrogen and oxygen atoms in total. The van der Waals surface area contributed by atoms with Gasteiger partial charge in [0.05, 0.1) is 11.5 Å². The lowest BCUT2D eigenvalue weighted by Gasteiger charge is -2.22. The maximum absolute atomic E-state index is 13.5. The monoisotopic (exact) mass is 427 g/mol. The lowest BCUT2D eigenvalue weighted by atomic mass is 10.1. The zero-order valence-electron chi connectivity index (χ0n) is 16.0. The number of aromatic nitrogens is 1. The van der Waals surface area contributed by atoms with Crippen LogP contribution in [-0.4, -0.2) is 26.8 Å². The minimum Gasteiger partial charge on any atom is -0.345 e. The topological polar surface area (TPSA) is 68.4 Å². The Hall–Kier alpha value is -3.45. The van der Waals surface area contributed by atoms with Gasteiger partial charge in [-0.25, -0.2) is 4.39 Å². The summed E-state index contributed by atoms with van der Waals surface area (Å²) in [6, 6.07) is 14.0.